The summed E-state index contributed by atoms with van der Waals surface area (Å²) in [5.41, 5.74) is 1.30. The maximum Gasteiger partial charge on any atom is 0.264 e. The van der Waals surface area contributed by atoms with Crippen LogP contribution in [0.5, 0.6) is 11.5 Å². The van der Waals surface area contributed by atoms with E-state index in [0.717, 1.165) is 9.87 Å². The van der Waals surface area contributed by atoms with Gasteiger partial charge in [-0.15, -0.1) is 16.8 Å². The highest BCUT2D eigenvalue weighted by atomic mass is 32.2. The summed E-state index contributed by atoms with van der Waals surface area (Å²) in [5.74, 6) is 0.756. The van der Waals surface area contributed by atoms with Crippen LogP contribution in [0, 0.1) is 6.92 Å². The summed E-state index contributed by atoms with van der Waals surface area (Å²) in [4.78, 5) is 12.8. The lowest BCUT2D eigenvalue weighted by Crippen LogP contribution is -2.38. The highest BCUT2D eigenvalue weighted by molar-refractivity contribution is 8.01. The molecule has 1 aromatic heterocycles. The molecule has 0 aliphatic rings. The molecular weight excluding hydrogens is 496 g/mol. The number of aromatic nitrogens is 2. The van der Waals surface area contributed by atoms with Crippen LogP contribution in [0.2, 0.25) is 0 Å². The highest BCUT2D eigenvalue weighted by Crippen LogP contribution is 2.32. The first kappa shape index (κ1) is 25.5. The van der Waals surface area contributed by atoms with Gasteiger partial charge in [0, 0.05) is 11.8 Å². The fourth-order valence-corrected chi connectivity index (χ4v) is 5.83. The first-order valence-corrected chi connectivity index (χ1v) is 13.2. The molecule has 180 valence electrons. The largest absolute Gasteiger partial charge is 0.493 e. The Labute approximate surface area is 206 Å². The van der Waals surface area contributed by atoms with Crippen molar-refractivity contribution in [3.63, 3.8) is 0 Å². The Morgan fingerprint density at radius 3 is 2.50 bits per heavy atom. The Kier molecular flexibility index (Phi) is 8.53. The van der Waals surface area contributed by atoms with Gasteiger partial charge in [-0.05, 0) is 31.2 Å². The van der Waals surface area contributed by atoms with E-state index in [9.17, 15) is 13.2 Å². The van der Waals surface area contributed by atoms with Gasteiger partial charge in [0.15, 0.2) is 15.8 Å². The molecule has 2 aromatic carbocycles. The molecule has 1 heterocycles. The molecule has 0 saturated carbocycles. The Hall–Kier alpha value is -3.09. The number of aryl methyl sites for hydroxylation is 1. The van der Waals surface area contributed by atoms with Gasteiger partial charge in [-0.1, -0.05) is 46.9 Å². The van der Waals surface area contributed by atoms with Crippen LogP contribution in [0.1, 0.15) is 5.56 Å². The van der Waals surface area contributed by atoms with Crippen molar-refractivity contribution in [2.75, 3.05) is 36.1 Å². The number of nitrogens with one attached hydrogen (secondary N) is 1. The first-order valence-electron chi connectivity index (χ1n) is 9.97. The van der Waals surface area contributed by atoms with Crippen molar-refractivity contribution in [1.82, 2.24) is 10.2 Å². The third kappa shape index (κ3) is 6.07. The summed E-state index contributed by atoms with van der Waals surface area (Å²) in [5, 5.41) is 10.9. The number of hydrogen-bond acceptors (Lipinski definition) is 9. The molecule has 0 atom stereocenters. The smallest absolute Gasteiger partial charge is 0.264 e. The van der Waals surface area contributed by atoms with E-state index in [-0.39, 0.29) is 15.8 Å². The summed E-state index contributed by atoms with van der Waals surface area (Å²) in [7, 11) is -1.25. The quantitative estimate of drug-likeness (QED) is 0.230. The number of hydrogen-bond donors (Lipinski definition) is 1. The number of sulfonamides is 1. The standard InChI is InChI=1S/C22H24N4O5S3/c1-5-12-32-22-25-24-21(33-22)23-20(27)14-26(16-8-6-15(2)7-9-16)34(28,29)17-10-11-18(30-3)19(13-17)31-4/h5-11,13H,1,12,14H2,2-4H3,(H,23,24,27). The number of rotatable bonds is 11. The number of ether oxygens (including phenoxy) is 2. The minimum atomic E-state index is -4.13. The van der Waals surface area contributed by atoms with Crippen LogP contribution < -0.4 is 19.1 Å². The number of anilines is 2. The van der Waals surface area contributed by atoms with Crippen molar-refractivity contribution in [3.8, 4) is 11.5 Å². The van der Waals surface area contributed by atoms with E-state index in [1.54, 1.807) is 30.3 Å². The zero-order valence-electron chi connectivity index (χ0n) is 18.8. The second-order valence-electron chi connectivity index (χ2n) is 6.88. The van der Waals surface area contributed by atoms with Crippen molar-refractivity contribution < 1.29 is 22.7 Å². The first-order chi connectivity index (χ1) is 16.3. The van der Waals surface area contributed by atoms with Crippen molar-refractivity contribution >= 4 is 49.8 Å². The zero-order valence-corrected chi connectivity index (χ0v) is 21.3. The normalized spacial score (nSPS) is 11.0. The molecule has 0 fully saturated rings. The number of carbonyl (C=O) groups is 1. The number of carbonyl (C=O) groups excluding carboxylic acids is 1. The van der Waals surface area contributed by atoms with Crippen LogP contribution in [0.3, 0.4) is 0 Å². The van der Waals surface area contributed by atoms with Crippen LogP contribution >= 0.6 is 23.1 Å². The van der Waals surface area contributed by atoms with Gasteiger partial charge < -0.3 is 9.47 Å². The predicted molar refractivity (Wildman–Crippen MR) is 135 cm³/mol. The number of thioether (sulfide) groups is 1. The van der Waals surface area contributed by atoms with E-state index in [2.05, 4.69) is 22.1 Å². The van der Waals surface area contributed by atoms with Crippen molar-refractivity contribution in [2.24, 2.45) is 0 Å². The van der Waals surface area contributed by atoms with E-state index in [1.807, 2.05) is 6.92 Å². The number of nitrogens with zero attached hydrogens (tertiary/aromatic N) is 3. The van der Waals surface area contributed by atoms with Crippen LogP contribution in [-0.2, 0) is 14.8 Å². The maximum absolute atomic E-state index is 13.6. The molecule has 0 aliphatic carbocycles. The van der Waals surface area contributed by atoms with Crippen molar-refractivity contribution in [3.05, 3.63) is 60.7 Å². The lowest BCUT2D eigenvalue weighted by molar-refractivity contribution is -0.114. The summed E-state index contributed by atoms with van der Waals surface area (Å²) >= 11 is 2.64. The molecule has 0 radical (unpaired) electrons. The fourth-order valence-electron chi connectivity index (χ4n) is 2.87. The topological polar surface area (TPSA) is 111 Å². The van der Waals surface area contributed by atoms with Crippen LogP contribution in [0.25, 0.3) is 0 Å². The van der Waals surface area contributed by atoms with Gasteiger partial charge in [0.25, 0.3) is 10.0 Å². The summed E-state index contributed by atoms with van der Waals surface area (Å²) in [6, 6.07) is 11.1. The van der Waals surface area contributed by atoms with Gasteiger partial charge >= 0.3 is 0 Å². The van der Waals surface area contributed by atoms with E-state index in [0.29, 0.717) is 21.5 Å². The van der Waals surface area contributed by atoms with Gasteiger partial charge in [-0.25, -0.2) is 8.42 Å². The van der Waals surface area contributed by atoms with Crippen LogP contribution in [0.15, 0.2) is 64.4 Å². The number of methoxy groups -OCH3 is 2. The Balaban J connectivity index is 1.91. The predicted octanol–water partition coefficient (Wildman–Crippen LogP) is 3.98. The van der Waals surface area contributed by atoms with E-state index in [1.165, 1.54) is 55.5 Å². The van der Waals surface area contributed by atoms with E-state index < -0.39 is 22.5 Å². The molecule has 0 aliphatic heterocycles. The molecule has 0 saturated heterocycles. The van der Waals surface area contributed by atoms with Crippen molar-refractivity contribution in [2.45, 2.75) is 16.2 Å². The zero-order chi connectivity index (χ0) is 24.7. The molecular formula is C22H24N4O5S3. The average molecular weight is 521 g/mol. The molecule has 1 amide bonds. The summed E-state index contributed by atoms with van der Waals surface area (Å²) in [6.45, 7) is 5.08. The minimum absolute atomic E-state index is 0.0439. The molecule has 3 aromatic rings. The van der Waals surface area contributed by atoms with Gasteiger partial charge in [-0.2, -0.15) is 0 Å². The third-order valence-electron chi connectivity index (χ3n) is 4.53. The Morgan fingerprint density at radius 2 is 1.85 bits per heavy atom. The lowest BCUT2D eigenvalue weighted by Gasteiger charge is -2.24. The van der Waals surface area contributed by atoms with Crippen LogP contribution in [-0.4, -0.2) is 51.0 Å². The molecule has 0 spiro atoms. The molecule has 0 unspecified atom stereocenters. The Bertz CT molecular complexity index is 1260. The summed E-state index contributed by atoms with van der Waals surface area (Å²) in [6.07, 6.45) is 1.74. The molecule has 12 heteroatoms. The average Bonchev–Trinajstić information content (AvgIpc) is 3.28. The van der Waals surface area contributed by atoms with Gasteiger partial charge in [0.2, 0.25) is 11.0 Å². The molecule has 0 bridgehead atoms. The molecule has 34 heavy (non-hydrogen) atoms. The molecule has 1 N–H and O–H groups in total. The third-order valence-corrected chi connectivity index (χ3v) is 8.27. The lowest BCUT2D eigenvalue weighted by atomic mass is 10.2. The fraction of sp³-hybridized carbons (Fsp3) is 0.227. The second kappa shape index (κ2) is 11.4. The van der Waals surface area contributed by atoms with E-state index >= 15 is 0 Å². The minimum Gasteiger partial charge on any atom is -0.493 e. The Morgan fingerprint density at radius 1 is 1.15 bits per heavy atom. The molecule has 3 rings (SSSR count). The van der Waals surface area contributed by atoms with Gasteiger partial charge in [-0.3, -0.25) is 14.4 Å². The monoisotopic (exact) mass is 520 g/mol. The summed E-state index contributed by atoms with van der Waals surface area (Å²) < 4.78 is 39.4. The van der Waals surface area contributed by atoms with Gasteiger partial charge in [0.1, 0.15) is 6.54 Å². The van der Waals surface area contributed by atoms with Gasteiger partial charge in [0.05, 0.1) is 24.8 Å². The highest BCUT2D eigenvalue weighted by Gasteiger charge is 2.28. The van der Waals surface area contributed by atoms with Crippen molar-refractivity contribution in [1.29, 1.82) is 0 Å². The SMILES string of the molecule is C=CCSc1nnc(NC(=O)CN(c2ccc(C)cc2)S(=O)(=O)c2ccc(OC)c(OC)c2)s1. The number of amides is 1. The van der Waals surface area contributed by atoms with Crippen LogP contribution in [0.4, 0.5) is 10.8 Å². The number of benzene rings is 2. The van der Waals surface area contributed by atoms with E-state index in [4.69, 9.17) is 9.47 Å². The maximum atomic E-state index is 13.6. The second-order valence-corrected chi connectivity index (χ2v) is 11.0. The molecule has 9 nitrogen and oxygen atoms in total.